The molecule has 0 unspecified atom stereocenters. The number of thiophene rings is 1. The van der Waals surface area contributed by atoms with Gasteiger partial charge in [-0.3, -0.25) is 9.59 Å². The molecule has 4 bridgehead atoms. The summed E-state index contributed by atoms with van der Waals surface area (Å²) < 4.78 is 0. The van der Waals surface area contributed by atoms with E-state index in [9.17, 15) is 9.59 Å². The Kier molecular flexibility index (Phi) is 5.02. The molecular formula is C25H28N2O2S. The van der Waals surface area contributed by atoms with Gasteiger partial charge in [-0.2, -0.15) is 0 Å². The number of carbonyl (C=O) groups excluding carboxylic acids is 2. The molecule has 4 saturated carbocycles. The van der Waals surface area contributed by atoms with E-state index in [1.165, 1.54) is 19.3 Å². The standard InChI is InChI=1S/C25H28N2O2S/c1-16-5-2-3-7-21(16)23(28)26-22(12-20-6-4-8-30-20)24(29)27-25-13-17-9-18(14-25)11-19(10-17)15-25/h2-8,12,17-19H,9-11,13-15H2,1H3,(H,26,28)(H,27,29)/b22-12-. The Morgan fingerprint density at radius 2 is 1.67 bits per heavy atom. The number of benzene rings is 1. The van der Waals surface area contributed by atoms with Crippen molar-refractivity contribution in [1.82, 2.24) is 10.6 Å². The first-order valence-corrected chi connectivity index (χ1v) is 11.8. The van der Waals surface area contributed by atoms with Gasteiger partial charge in [0.1, 0.15) is 5.70 Å². The van der Waals surface area contributed by atoms with Gasteiger partial charge in [0.15, 0.2) is 0 Å². The molecular weight excluding hydrogens is 392 g/mol. The van der Waals surface area contributed by atoms with E-state index in [4.69, 9.17) is 0 Å². The Labute approximate surface area is 181 Å². The zero-order valence-corrected chi connectivity index (χ0v) is 18.1. The molecule has 4 nitrogen and oxygen atoms in total. The maximum atomic E-state index is 13.4. The largest absolute Gasteiger partial charge is 0.345 e. The molecule has 30 heavy (non-hydrogen) atoms. The molecule has 6 rings (SSSR count). The van der Waals surface area contributed by atoms with E-state index in [1.807, 2.05) is 42.6 Å². The van der Waals surface area contributed by atoms with E-state index in [1.54, 1.807) is 23.5 Å². The summed E-state index contributed by atoms with van der Waals surface area (Å²) in [6.45, 7) is 1.91. The van der Waals surface area contributed by atoms with Crippen LogP contribution in [0.2, 0.25) is 0 Å². The normalized spacial score (nSPS) is 29.6. The van der Waals surface area contributed by atoms with Crippen LogP contribution in [0.5, 0.6) is 0 Å². The molecule has 0 atom stereocenters. The smallest absolute Gasteiger partial charge is 0.268 e. The minimum absolute atomic E-state index is 0.0895. The van der Waals surface area contributed by atoms with Gasteiger partial charge in [-0.1, -0.05) is 24.3 Å². The van der Waals surface area contributed by atoms with Gasteiger partial charge in [-0.05, 0) is 92.4 Å². The molecule has 4 fully saturated rings. The van der Waals surface area contributed by atoms with Crippen molar-refractivity contribution in [2.24, 2.45) is 17.8 Å². The van der Waals surface area contributed by atoms with E-state index in [2.05, 4.69) is 10.6 Å². The van der Waals surface area contributed by atoms with Gasteiger partial charge in [0, 0.05) is 16.0 Å². The highest BCUT2D eigenvalue weighted by atomic mass is 32.1. The molecule has 0 saturated heterocycles. The number of amides is 2. The van der Waals surface area contributed by atoms with Crippen LogP contribution in [-0.2, 0) is 4.79 Å². The van der Waals surface area contributed by atoms with Crippen molar-refractivity contribution < 1.29 is 9.59 Å². The fourth-order valence-corrected chi connectivity index (χ4v) is 6.92. The van der Waals surface area contributed by atoms with Crippen molar-refractivity contribution in [1.29, 1.82) is 0 Å². The SMILES string of the molecule is Cc1ccccc1C(=O)N/C(=C\c1cccs1)C(=O)NC12CC3CC(CC(C3)C1)C2. The molecule has 1 aromatic heterocycles. The van der Waals surface area contributed by atoms with Gasteiger partial charge in [0.25, 0.3) is 11.8 Å². The van der Waals surface area contributed by atoms with E-state index in [0.717, 1.165) is 47.5 Å². The summed E-state index contributed by atoms with van der Waals surface area (Å²) in [7, 11) is 0. The first-order valence-electron chi connectivity index (χ1n) is 10.9. The van der Waals surface area contributed by atoms with Crippen LogP contribution in [0.3, 0.4) is 0 Å². The number of carbonyl (C=O) groups is 2. The zero-order chi connectivity index (χ0) is 20.7. The van der Waals surface area contributed by atoms with Crippen molar-refractivity contribution in [3.63, 3.8) is 0 Å². The van der Waals surface area contributed by atoms with E-state index >= 15 is 0 Å². The lowest BCUT2D eigenvalue weighted by Crippen LogP contribution is -2.60. The molecule has 0 radical (unpaired) electrons. The van der Waals surface area contributed by atoms with Crippen LogP contribution in [0.15, 0.2) is 47.5 Å². The van der Waals surface area contributed by atoms with Gasteiger partial charge in [0.05, 0.1) is 0 Å². The fourth-order valence-electron chi connectivity index (χ4n) is 6.26. The molecule has 0 spiro atoms. The number of hydrogen-bond acceptors (Lipinski definition) is 3. The quantitative estimate of drug-likeness (QED) is 0.675. The predicted molar refractivity (Wildman–Crippen MR) is 120 cm³/mol. The highest BCUT2D eigenvalue weighted by molar-refractivity contribution is 7.10. The highest BCUT2D eigenvalue weighted by Gasteiger charge is 2.51. The van der Waals surface area contributed by atoms with Crippen LogP contribution >= 0.6 is 11.3 Å². The summed E-state index contributed by atoms with van der Waals surface area (Å²) in [6, 6.07) is 11.4. The summed E-state index contributed by atoms with van der Waals surface area (Å²) >= 11 is 1.56. The topological polar surface area (TPSA) is 58.2 Å². The average molecular weight is 421 g/mol. The van der Waals surface area contributed by atoms with Crippen molar-refractivity contribution in [3.05, 3.63) is 63.5 Å². The summed E-state index contributed by atoms with van der Waals surface area (Å²) in [6.07, 6.45) is 9.05. The first kappa shape index (κ1) is 19.6. The van der Waals surface area contributed by atoms with Crippen LogP contribution < -0.4 is 10.6 Å². The summed E-state index contributed by atoms with van der Waals surface area (Å²) in [5, 5.41) is 8.28. The van der Waals surface area contributed by atoms with Crippen LogP contribution in [0.1, 0.15) is 59.3 Å². The minimum atomic E-state index is -0.239. The van der Waals surface area contributed by atoms with Crippen LogP contribution in [0.4, 0.5) is 0 Å². The number of hydrogen-bond donors (Lipinski definition) is 2. The molecule has 1 heterocycles. The molecule has 1 aromatic carbocycles. The maximum absolute atomic E-state index is 13.4. The van der Waals surface area contributed by atoms with Gasteiger partial charge in [-0.15, -0.1) is 11.3 Å². The lowest BCUT2D eigenvalue weighted by molar-refractivity contribution is -0.123. The molecule has 0 aliphatic heterocycles. The Morgan fingerprint density at radius 1 is 1.00 bits per heavy atom. The van der Waals surface area contributed by atoms with Crippen LogP contribution in [0.25, 0.3) is 6.08 Å². The molecule has 2 aromatic rings. The second kappa shape index (κ2) is 7.69. The maximum Gasteiger partial charge on any atom is 0.268 e. The monoisotopic (exact) mass is 420 g/mol. The third-order valence-electron chi connectivity index (χ3n) is 7.13. The number of aryl methyl sites for hydroxylation is 1. The van der Waals surface area contributed by atoms with E-state index in [-0.39, 0.29) is 17.4 Å². The second-order valence-electron chi connectivity index (χ2n) is 9.49. The van der Waals surface area contributed by atoms with Crippen molar-refractivity contribution >= 4 is 29.2 Å². The van der Waals surface area contributed by atoms with Crippen molar-refractivity contribution in [2.75, 3.05) is 0 Å². The Bertz CT molecular complexity index is 957. The Balaban J connectivity index is 1.39. The minimum Gasteiger partial charge on any atom is -0.345 e. The third kappa shape index (κ3) is 3.83. The predicted octanol–water partition coefficient (Wildman–Crippen LogP) is 4.91. The van der Waals surface area contributed by atoms with Gasteiger partial charge < -0.3 is 10.6 Å². The fraction of sp³-hybridized carbons (Fsp3) is 0.440. The average Bonchev–Trinajstić information content (AvgIpc) is 3.19. The molecule has 4 aliphatic rings. The van der Waals surface area contributed by atoms with E-state index in [0.29, 0.717) is 11.3 Å². The summed E-state index contributed by atoms with van der Waals surface area (Å²) in [5.41, 5.74) is 1.74. The van der Waals surface area contributed by atoms with Crippen LogP contribution in [-0.4, -0.2) is 17.4 Å². The van der Waals surface area contributed by atoms with Crippen LogP contribution in [0, 0.1) is 24.7 Å². The number of rotatable bonds is 5. The van der Waals surface area contributed by atoms with Crippen molar-refractivity contribution in [3.8, 4) is 0 Å². The summed E-state index contributed by atoms with van der Waals surface area (Å²) in [4.78, 5) is 27.3. The van der Waals surface area contributed by atoms with E-state index < -0.39 is 0 Å². The molecule has 2 N–H and O–H groups in total. The summed E-state index contributed by atoms with van der Waals surface area (Å²) in [5.74, 6) is 1.86. The third-order valence-corrected chi connectivity index (χ3v) is 7.95. The first-order chi connectivity index (χ1) is 14.5. The van der Waals surface area contributed by atoms with Gasteiger partial charge in [-0.25, -0.2) is 0 Å². The highest BCUT2D eigenvalue weighted by Crippen LogP contribution is 2.55. The molecule has 2 amide bonds. The Hall–Kier alpha value is -2.40. The number of nitrogens with one attached hydrogen (secondary N) is 2. The lowest BCUT2D eigenvalue weighted by Gasteiger charge is -2.56. The molecule has 4 aliphatic carbocycles. The van der Waals surface area contributed by atoms with Gasteiger partial charge in [0.2, 0.25) is 0 Å². The molecule has 5 heteroatoms. The second-order valence-corrected chi connectivity index (χ2v) is 10.5. The van der Waals surface area contributed by atoms with Gasteiger partial charge >= 0.3 is 0 Å². The zero-order valence-electron chi connectivity index (χ0n) is 17.3. The van der Waals surface area contributed by atoms with Crippen molar-refractivity contribution in [2.45, 2.75) is 51.0 Å². The Morgan fingerprint density at radius 3 is 2.27 bits per heavy atom. The molecule has 156 valence electrons. The lowest BCUT2D eigenvalue weighted by atomic mass is 9.53.